The van der Waals surface area contributed by atoms with Crippen LogP contribution in [0.1, 0.15) is 29.8 Å². The van der Waals surface area contributed by atoms with Crippen molar-refractivity contribution in [3.05, 3.63) is 99.0 Å². The van der Waals surface area contributed by atoms with Crippen LogP contribution in [0, 0.1) is 6.92 Å². The fraction of sp³-hybridized carbons (Fsp3) is 0.174. The zero-order valence-corrected chi connectivity index (χ0v) is 17.6. The maximum Gasteiger partial charge on any atom is 0.148 e. The number of aliphatic imine (C=N–C) groups is 1. The highest BCUT2D eigenvalue weighted by Crippen LogP contribution is 2.38. The van der Waals surface area contributed by atoms with E-state index in [1.54, 1.807) is 0 Å². The molecule has 0 saturated heterocycles. The molecule has 0 radical (unpaired) electrons. The van der Waals surface area contributed by atoms with Gasteiger partial charge in [0.25, 0.3) is 0 Å². The molecule has 0 saturated carbocycles. The fourth-order valence-corrected chi connectivity index (χ4v) is 4.20. The van der Waals surface area contributed by atoms with Gasteiger partial charge in [-0.3, -0.25) is 4.99 Å². The summed E-state index contributed by atoms with van der Waals surface area (Å²) in [5, 5.41) is 0.755. The van der Waals surface area contributed by atoms with Crippen molar-refractivity contribution in [2.24, 2.45) is 4.99 Å². The van der Waals surface area contributed by atoms with E-state index in [0.717, 1.165) is 32.0 Å². The lowest BCUT2D eigenvalue weighted by Gasteiger charge is -2.30. The molecule has 0 aromatic heterocycles. The number of aryl methyl sites for hydroxylation is 1. The van der Waals surface area contributed by atoms with Gasteiger partial charge in [0.15, 0.2) is 0 Å². The fourth-order valence-electron chi connectivity index (χ4n) is 3.61. The summed E-state index contributed by atoms with van der Waals surface area (Å²) in [6, 6.07) is 25.1. The van der Waals surface area contributed by atoms with Gasteiger partial charge in [0.1, 0.15) is 6.17 Å². The van der Waals surface area contributed by atoms with Crippen molar-refractivity contribution in [2.75, 3.05) is 4.90 Å². The Morgan fingerprint density at radius 2 is 1.67 bits per heavy atom. The summed E-state index contributed by atoms with van der Waals surface area (Å²) in [5.41, 5.74) is 5.50. The Bertz CT molecular complexity index is 983. The van der Waals surface area contributed by atoms with E-state index in [1.807, 2.05) is 12.1 Å². The van der Waals surface area contributed by atoms with E-state index in [0.29, 0.717) is 0 Å². The zero-order valence-electron chi connectivity index (χ0n) is 15.2. The molecule has 0 N–H and O–H groups in total. The zero-order chi connectivity index (χ0) is 19.0. The second kappa shape index (κ2) is 7.49. The highest BCUT2D eigenvalue weighted by Gasteiger charge is 2.35. The summed E-state index contributed by atoms with van der Waals surface area (Å²) in [4.78, 5) is 7.48. The Morgan fingerprint density at radius 1 is 0.963 bits per heavy atom. The minimum absolute atomic E-state index is 0.0743. The van der Waals surface area contributed by atoms with Crippen LogP contribution in [-0.2, 0) is 0 Å². The van der Waals surface area contributed by atoms with Gasteiger partial charge >= 0.3 is 0 Å². The van der Waals surface area contributed by atoms with E-state index in [1.165, 1.54) is 5.56 Å². The summed E-state index contributed by atoms with van der Waals surface area (Å²) in [6.07, 6.45) is -0.0743. The number of anilines is 1. The van der Waals surface area contributed by atoms with Gasteiger partial charge in [-0.05, 0) is 55.3 Å². The van der Waals surface area contributed by atoms with E-state index in [9.17, 15) is 0 Å². The molecule has 2 unspecified atom stereocenters. The SMILES string of the molecule is Cc1ccc(C2=NC(c3ccccc3)N(c3ccc(Br)cc3)C2C)c(Cl)c1. The normalized spacial score (nSPS) is 19.3. The van der Waals surface area contributed by atoms with Crippen LogP contribution in [0.4, 0.5) is 5.69 Å². The third-order valence-corrected chi connectivity index (χ3v) is 5.80. The van der Waals surface area contributed by atoms with Crippen LogP contribution in [0.5, 0.6) is 0 Å². The van der Waals surface area contributed by atoms with Crippen molar-refractivity contribution in [1.82, 2.24) is 0 Å². The van der Waals surface area contributed by atoms with Gasteiger partial charge < -0.3 is 4.90 Å². The monoisotopic (exact) mass is 438 g/mol. The van der Waals surface area contributed by atoms with E-state index >= 15 is 0 Å². The van der Waals surface area contributed by atoms with Crippen LogP contribution in [0.2, 0.25) is 5.02 Å². The topological polar surface area (TPSA) is 15.6 Å². The molecule has 0 fully saturated rings. The lowest BCUT2D eigenvalue weighted by Crippen LogP contribution is -2.35. The van der Waals surface area contributed by atoms with Gasteiger partial charge in [-0.2, -0.15) is 0 Å². The van der Waals surface area contributed by atoms with Crippen molar-refractivity contribution in [1.29, 1.82) is 0 Å². The third kappa shape index (κ3) is 3.54. The lowest BCUT2D eigenvalue weighted by atomic mass is 10.0. The highest BCUT2D eigenvalue weighted by atomic mass is 79.9. The molecule has 0 bridgehead atoms. The predicted octanol–water partition coefficient (Wildman–Crippen LogP) is 6.81. The first-order valence-corrected chi connectivity index (χ1v) is 10.1. The molecule has 1 heterocycles. The molecule has 0 spiro atoms. The van der Waals surface area contributed by atoms with Gasteiger partial charge in [0.2, 0.25) is 0 Å². The molecule has 2 nitrogen and oxygen atoms in total. The third-order valence-electron chi connectivity index (χ3n) is 4.96. The molecular formula is C23H20BrClN2. The van der Waals surface area contributed by atoms with Crippen LogP contribution < -0.4 is 4.90 Å². The first-order chi connectivity index (χ1) is 13.0. The van der Waals surface area contributed by atoms with Crippen molar-refractivity contribution in [3.8, 4) is 0 Å². The Kier molecular flexibility index (Phi) is 5.07. The first-order valence-electron chi connectivity index (χ1n) is 8.97. The molecule has 3 aromatic rings. The van der Waals surface area contributed by atoms with Crippen LogP contribution in [0.25, 0.3) is 0 Å². The van der Waals surface area contributed by atoms with Gasteiger partial charge in [-0.25, -0.2) is 0 Å². The van der Waals surface area contributed by atoms with E-state index in [-0.39, 0.29) is 12.2 Å². The van der Waals surface area contributed by atoms with Gasteiger partial charge in [-0.1, -0.05) is 70.0 Å². The number of rotatable bonds is 3. The van der Waals surface area contributed by atoms with Crippen molar-refractivity contribution in [3.63, 3.8) is 0 Å². The predicted molar refractivity (Wildman–Crippen MR) is 118 cm³/mol. The van der Waals surface area contributed by atoms with E-state index in [4.69, 9.17) is 16.6 Å². The molecular weight excluding hydrogens is 420 g/mol. The summed E-state index contributed by atoms with van der Waals surface area (Å²) >= 11 is 10.1. The van der Waals surface area contributed by atoms with E-state index < -0.39 is 0 Å². The average molecular weight is 440 g/mol. The first kappa shape index (κ1) is 18.3. The number of hydrogen-bond acceptors (Lipinski definition) is 2. The molecule has 27 heavy (non-hydrogen) atoms. The maximum absolute atomic E-state index is 6.58. The molecule has 0 aliphatic carbocycles. The lowest BCUT2D eigenvalue weighted by molar-refractivity contribution is 0.675. The summed E-state index contributed by atoms with van der Waals surface area (Å²) in [5.74, 6) is 0. The van der Waals surface area contributed by atoms with Crippen LogP contribution >= 0.6 is 27.5 Å². The maximum atomic E-state index is 6.58. The van der Waals surface area contributed by atoms with Crippen LogP contribution in [0.15, 0.2) is 82.3 Å². The molecule has 4 rings (SSSR count). The number of halogens is 2. The highest BCUT2D eigenvalue weighted by molar-refractivity contribution is 9.10. The molecule has 3 aromatic carbocycles. The number of nitrogens with zero attached hydrogens (tertiary/aromatic N) is 2. The minimum Gasteiger partial charge on any atom is -0.337 e. The number of benzene rings is 3. The van der Waals surface area contributed by atoms with Crippen molar-refractivity contribution in [2.45, 2.75) is 26.1 Å². The smallest absolute Gasteiger partial charge is 0.148 e. The van der Waals surface area contributed by atoms with Crippen molar-refractivity contribution >= 4 is 38.9 Å². The Hall–Kier alpha value is -2.10. The van der Waals surface area contributed by atoms with Crippen LogP contribution in [0.3, 0.4) is 0 Å². The molecule has 4 heteroatoms. The van der Waals surface area contributed by atoms with Gasteiger partial charge in [-0.15, -0.1) is 0 Å². The Balaban J connectivity index is 1.82. The Labute approximate surface area is 173 Å². The average Bonchev–Trinajstić information content (AvgIpc) is 3.00. The molecule has 1 aliphatic rings. The molecule has 1 aliphatic heterocycles. The molecule has 136 valence electrons. The summed E-state index contributed by atoms with van der Waals surface area (Å²) in [7, 11) is 0. The minimum atomic E-state index is -0.0743. The van der Waals surface area contributed by atoms with Crippen LogP contribution in [-0.4, -0.2) is 11.8 Å². The van der Waals surface area contributed by atoms with Gasteiger partial charge in [0.05, 0.1) is 11.8 Å². The number of hydrogen-bond donors (Lipinski definition) is 0. The summed E-state index contributed by atoms with van der Waals surface area (Å²) in [6.45, 7) is 4.25. The second-order valence-electron chi connectivity index (χ2n) is 6.84. The quantitative estimate of drug-likeness (QED) is 0.438. The van der Waals surface area contributed by atoms with Gasteiger partial charge in [0, 0.05) is 20.7 Å². The largest absolute Gasteiger partial charge is 0.337 e. The summed E-state index contributed by atoms with van der Waals surface area (Å²) < 4.78 is 1.07. The van der Waals surface area contributed by atoms with E-state index in [2.05, 4.69) is 95.3 Å². The second-order valence-corrected chi connectivity index (χ2v) is 8.16. The standard InChI is InChI=1S/C23H20BrClN2/c1-15-8-13-20(21(25)14-15)22-16(2)27(19-11-9-18(24)10-12-19)23(26-22)17-6-4-3-5-7-17/h3-14,16,23H,1-2H3. The molecule has 0 amide bonds. The van der Waals surface area contributed by atoms with Crippen molar-refractivity contribution < 1.29 is 0 Å². The Morgan fingerprint density at radius 3 is 2.33 bits per heavy atom. The molecule has 2 atom stereocenters.